The van der Waals surface area contributed by atoms with Gasteiger partial charge in [-0.1, -0.05) is 29.8 Å². The maximum Gasteiger partial charge on any atom is 0.253 e. The molecule has 2 amide bonds. The molecule has 0 spiro atoms. The van der Waals surface area contributed by atoms with Gasteiger partial charge in [0.15, 0.2) is 0 Å². The highest BCUT2D eigenvalue weighted by atomic mass is 35.5. The third-order valence-corrected chi connectivity index (χ3v) is 6.05. The van der Waals surface area contributed by atoms with E-state index in [0.717, 1.165) is 27.4 Å². The molecule has 5 rings (SSSR count). The SMILES string of the molecule is O=C(Cc1c[nH]c2ccccc12)N1CCN(C(=O)c2ccc3nc(Cl)ccc3c2)CC1. The van der Waals surface area contributed by atoms with Crippen molar-refractivity contribution in [2.24, 2.45) is 0 Å². The summed E-state index contributed by atoms with van der Waals surface area (Å²) in [6.07, 6.45) is 2.27. The van der Waals surface area contributed by atoms with E-state index in [0.29, 0.717) is 43.3 Å². The second-order valence-corrected chi connectivity index (χ2v) is 8.14. The molecule has 31 heavy (non-hydrogen) atoms. The number of aromatic amines is 1. The molecule has 2 aromatic carbocycles. The number of nitrogens with zero attached hydrogens (tertiary/aromatic N) is 3. The third kappa shape index (κ3) is 3.86. The number of rotatable bonds is 3. The Labute approximate surface area is 184 Å². The fourth-order valence-corrected chi connectivity index (χ4v) is 4.28. The van der Waals surface area contributed by atoms with Crippen molar-refractivity contribution in [2.75, 3.05) is 26.2 Å². The van der Waals surface area contributed by atoms with Gasteiger partial charge in [0, 0.05) is 54.2 Å². The molecule has 1 aliphatic heterocycles. The maximum absolute atomic E-state index is 13.0. The summed E-state index contributed by atoms with van der Waals surface area (Å²) in [4.78, 5) is 36.9. The smallest absolute Gasteiger partial charge is 0.253 e. The van der Waals surface area contributed by atoms with E-state index in [1.54, 1.807) is 17.0 Å². The fraction of sp³-hybridized carbons (Fsp3) is 0.208. The normalized spacial score (nSPS) is 14.4. The average molecular weight is 433 g/mol. The summed E-state index contributed by atoms with van der Waals surface area (Å²) in [5.41, 5.74) is 3.42. The first-order valence-corrected chi connectivity index (χ1v) is 10.6. The van der Waals surface area contributed by atoms with Gasteiger partial charge in [-0.25, -0.2) is 4.98 Å². The lowest BCUT2D eigenvalue weighted by Crippen LogP contribution is -2.51. The fourth-order valence-electron chi connectivity index (χ4n) is 4.13. The van der Waals surface area contributed by atoms with Gasteiger partial charge >= 0.3 is 0 Å². The number of nitrogens with one attached hydrogen (secondary N) is 1. The van der Waals surface area contributed by atoms with Crippen LogP contribution in [0, 0.1) is 0 Å². The molecule has 4 aromatic rings. The van der Waals surface area contributed by atoms with Crippen molar-refractivity contribution in [2.45, 2.75) is 6.42 Å². The Balaban J connectivity index is 1.23. The zero-order valence-electron chi connectivity index (χ0n) is 16.8. The number of aromatic nitrogens is 2. The lowest BCUT2D eigenvalue weighted by molar-refractivity contribution is -0.131. The van der Waals surface area contributed by atoms with Crippen LogP contribution < -0.4 is 0 Å². The molecular formula is C24H21ClN4O2. The van der Waals surface area contributed by atoms with Crippen molar-refractivity contribution >= 4 is 45.2 Å². The molecule has 3 heterocycles. The number of para-hydroxylation sites is 1. The number of fused-ring (bicyclic) bond motifs is 2. The minimum Gasteiger partial charge on any atom is -0.361 e. The van der Waals surface area contributed by atoms with Gasteiger partial charge in [0.25, 0.3) is 5.91 Å². The van der Waals surface area contributed by atoms with Gasteiger partial charge in [0.05, 0.1) is 11.9 Å². The number of benzene rings is 2. The molecule has 0 bridgehead atoms. The molecule has 0 aliphatic carbocycles. The predicted octanol–water partition coefficient (Wildman–Crippen LogP) is 3.90. The number of carbonyl (C=O) groups excluding carboxylic acids is 2. The van der Waals surface area contributed by atoms with Gasteiger partial charge in [0.2, 0.25) is 5.91 Å². The Morgan fingerprint density at radius 3 is 2.58 bits per heavy atom. The number of carbonyl (C=O) groups is 2. The number of halogens is 1. The van der Waals surface area contributed by atoms with Crippen molar-refractivity contribution < 1.29 is 9.59 Å². The molecule has 0 radical (unpaired) electrons. The van der Waals surface area contributed by atoms with E-state index in [4.69, 9.17) is 11.6 Å². The van der Waals surface area contributed by atoms with E-state index in [1.807, 2.05) is 53.6 Å². The Kier molecular flexibility index (Phi) is 5.08. The van der Waals surface area contributed by atoms with Crippen molar-refractivity contribution in [1.29, 1.82) is 0 Å². The quantitative estimate of drug-likeness (QED) is 0.499. The van der Waals surface area contributed by atoms with Crippen LogP contribution in [0.15, 0.2) is 60.8 Å². The van der Waals surface area contributed by atoms with Crippen LogP contribution in [0.25, 0.3) is 21.8 Å². The van der Waals surface area contributed by atoms with Gasteiger partial charge in [0.1, 0.15) is 5.15 Å². The summed E-state index contributed by atoms with van der Waals surface area (Å²) in [6, 6.07) is 17.0. The Bertz CT molecular complexity index is 1290. The van der Waals surface area contributed by atoms with Crippen LogP contribution in [-0.2, 0) is 11.2 Å². The summed E-state index contributed by atoms with van der Waals surface area (Å²) in [6.45, 7) is 2.13. The molecular weight excluding hydrogens is 412 g/mol. The lowest BCUT2D eigenvalue weighted by Gasteiger charge is -2.35. The first-order valence-electron chi connectivity index (χ1n) is 10.3. The molecule has 0 saturated carbocycles. The summed E-state index contributed by atoms with van der Waals surface area (Å²) < 4.78 is 0. The Hall–Kier alpha value is -3.38. The van der Waals surface area contributed by atoms with Crippen LogP contribution in [0.4, 0.5) is 0 Å². The van der Waals surface area contributed by atoms with E-state index < -0.39 is 0 Å². The molecule has 1 N–H and O–H groups in total. The van der Waals surface area contributed by atoms with Crippen LogP contribution in [-0.4, -0.2) is 57.8 Å². The van der Waals surface area contributed by atoms with Gasteiger partial charge < -0.3 is 14.8 Å². The monoisotopic (exact) mass is 432 g/mol. The van der Waals surface area contributed by atoms with E-state index in [1.165, 1.54) is 0 Å². The zero-order valence-corrected chi connectivity index (χ0v) is 17.6. The first kappa shape index (κ1) is 19.6. The second-order valence-electron chi connectivity index (χ2n) is 7.75. The van der Waals surface area contributed by atoms with Crippen LogP contribution in [0.3, 0.4) is 0 Å². The minimum absolute atomic E-state index is 0.0272. The molecule has 1 fully saturated rings. The third-order valence-electron chi connectivity index (χ3n) is 5.84. The standard InChI is InChI=1S/C24H21ClN4O2/c25-22-8-6-16-13-17(5-7-20(16)27-22)24(31)29-11-9-28(10-12-29)23(30)14-18-15-26-21-4-2-1-3-19(18)21/h1-8,13,15,26H,9-12,14H2. The Morgan fingerprint density at radius 1 is 0.968 bits per heavy atom. The average Bonchev–Trinajstić information content (AvgIpc) is 3.21. The summed E-state index contributed by atoms with van der Waals surface area (Å²) in [5.74, 6) is 0.0612. The highest BCUT2D eigenvalue weighted by Crippen LogP contribution is 2.21. The minimum atomic E-state index is -0.0272. The number of hydrogen-bond acceptors (Lipinski definition) is 3. The molecule has 1 saturated heterocycles. The molecule has 2 aromatic heterocycles. The first-order chi connectivity index (χ1) is 15.1. The molecule has 7 heteroatoms. The summed E-state index contributed by atoms with van der Waals surface area (Å²) in [5, 5.41) is 2.39. The van der Waals surface area contributed by atoms with Crippen LogP contribution in [0.2, 0.25) is 5.15 Å². The van der Waals surface area contributed by atoms with E-state index in [2.05, 4.69) is 9.97 Å². The Morgan fingerprint density at radius 2 is 1.74 bits per heavy atom. The van der Waals surface area contributed by atoms with Crippen molar-refractivity contribution in [3.8, 4) is 0 Å². The number of pyridine rings is 1. The van der Waals surface area contributed by atoms with Crippen molar-refractivity contribution in [3.63, 3.8) is 0 Å². The van der Waals surface area contributed by atoms with Crippen molar-refractivity contribution in [1.82, 2.24) is 19.8 Å². The van der Waals surface area contributed by atoms with E-state index in [-0.39, 0.29) is 11.8 Å². The van der Waals surface area contributed by atoms with Crippen LogP contribution in [0.1, 0.15) is 15.9 Å². The van der Waals surface area contributed by atoms with Gasteiger partial charge in [-0.05, 0) is 42.0 Å². The van der Waals surface area contributed by atoms with E-state index >= 15 is 0 Å². The van der Waals surface area contributed by atoms with E-state index in [9.17, 15) is 9.59 Å². The van der Waals surface area contributed by atoms with Crippen molar-refractivity contribution in [3.05, 3.63) is 77.1 Å². The topological polar surface area (TPSA) is 69.3 Å². The van der Waals surface area contributed by atoms with Gasteiger partial charge in [-0.2, -0.15) is 0 Å². The summed E-state index contributed by atoms with van der Waals surface area (Å²) >= 11 is 5.93. The largest absolute Gasteiger partial charge is 0.361 e. The predicted molar refractivity (Wildman–Crippen MR) is 121 cm³/mol. The number of amides is 2. The van der Waals surface area contributed by atoms with Crippen LogP contribution >= 0.6 is 11.6 Å². The molecule has 156 valence electrons. The summed E-state index contributed by atoms with van der Waals surface area (Å²) in [7, 11) is 0. The zero-order chi connectivity index (χ0) is 21.4. The number of H-pyrrole nitrogens is 1. The van der Waals surface area contributed by atoms with Crippen LogP contribution in [0.5, 0.6) is 0 Å². The highest BCUT2D eigenvalue weighted by molar-refractivity contribution is 6.29. The number of hydrogen-bond donors (Lipinski definition) is 1. The second kappa shape index (κ2) is 8.04. The molecule has 1 aliphatic rings. The van der Waals surface area contributed by atoms with Gasteiger partial charge in [-0.15, -0.1) is 0 Å². The number of piperazine rings is 1. The van der Waals surface area contributed by atoms with Gasteiger partial charge in [-0.3, -0.25) is 9.59 Å². The molecule has 0 unspecified atom stereocenters. The maximum atomic E-state index is 13.0. The lowest BCUT2D eigenvalue weighted by atomic mass is 10.1. The molecule has 0 atom stereocenters. The highest BCUT2D eigenvalue weighted by Gasteiger charge is 2.25. The molecule has 6 nitrogen and oxygen atoms in total.